The van der Waals surface area contributed by atoms with E-state index in [1.54, 1.807) is 18.2 Å². The van der Waals surface area contributed by atoms with E-state index in [2.05, 4.69) is 15.3 Å². The zero-order valence-electron chi connectivity index (χ0n) is 20.7. The molecule has 2 aliphatic rings. The first kappa shape index (κ1) is 24.6. The smallest absolute Gasteiger partial charge is 0.255 e. The minimum Gasteiger partial charge on any atom is -0.493 e. The molecule has 7 nitrogen and oxygen atoms in total. The van der Waals surface area contributed by atoms with E-state index >= 15 is 0 Å². The number of rotatable bonds is 1. The van der Waals surface area contributed by atoms with Crippen LogP contribution in [-0.4, -0.2) is 52.9 Å². The highest BCUT2D eigenvalue weighted by Crippen LogP contribution is 2.37. The van der Waals surface area contributed by atoms with Crippen LogP contribution in [0.5, 0.6) is 5.75 Å². The second kappa shape index (κ2) is 10.5. The van der Waals surface area contributed by atoms with Gasteiger partial charge in [0, 0.05) is 30.2 Å². The Morgan fingerprint density at radius 1 is 1.06 bits per heavy atom. The average Bonchev–Trinajstić information content (AvgIpc) is 3.26. The number of ether oxygens (including phenoxy) is 1. The number of carbonyl (C=O) groups excluding carboxylic acids is 2. The van der Waals surface area contributed by atoms with Crippen LogP contribution in [0, 0.1) is 12.3 Å². The van der Waals surface area contributed by atoms with Crippen LogP contribution in [-0.2, 0) is 0 Å². The molecule has 1 fully saturated rings. The third-order valence-corrected chi connectivity index (χ3v) is 7.86. The molecule has 2 aliphatic heterocycles. The minimum atomic E-state index is -0.159. The van der Waals surface area contributed by atoms with Gasteiger partial charge in [-0.3, -0.25) is 9.59 Å². The first-order valence-corrected chi connectivity index (χ1v) is 13.3. The first-order valence-electron chi connectivity index (χ1n) is 12.9. The summed E-state index contributed by atoms with van der Waals surface area (Å²) in [5, 5.41) is 3.69. The van der Waals surface area contributed by atoms with Gasteiger partial charge in [0.05, 0.1) is 23.2 Å². The third kappa shape index (κ3) is 5.36. The quantitative estimate of drug-likeness (QED) is 0.453. The normalized spacial score (nSPS) is 18.9. The van der Waals surface area contributed by atoms with Crippen LogP contribution in [0.25, 0.3) is 11.0 Å². The van der Waals surface area contributed by atoms with Gasteiger partial charge in [-0.15, -0.1) is 0 Å². The molecular formula is C28H33ClN4O3. The molecule has 3 heterocycles. The highest BCUT2D eigenvalue weighted by molar-refractivity contribution is 6.31. The van der Waals surface area contributed by atoms with Gasteiger partial charge in [-0.1, -0.05) is 30.9 Å². The van der Waals surface area contributed by atoms with Gasteiger partial charge >= 0.3 is 0 Å². The maximum Gasteiger partial charge on any atom is 0.255 e. The van der Waals surface area contributed by atoms with E-state index in [9.17, 15) is 9.59 Å². The number of hydrogen-bond donors (Lipinski definition) is 2. The Morgan fingerprint density at radius 2 is 1.86 bits per heavy atom. The zero-order chi connectivity index (χ0) is 25.1. The molecular weight excluding hydrogens is 476 g/mol. The Morgan fingerprint density at radius 3 is 2.69 bits per heavy atom. The second-order valence-corrected chi connectivity index (χ2v) is 10.6. The van der Waals surface area contributed by atoms with E-state index in [-0.39, 0.29) is 17.2 Å². The number of imidazole rings is 1. The summed E-state index contributed by atoms with van der Waals surface area (Å²) in [6, 6.07) is 10.9. The number of hydrogen-bond acceptors (Lipinski definition) is 4. The minimum absolute atomic E-state index is 0.0233. The summed E-state index contributed by atoms with van der Waals surface area (Å²) >= 11 is 6.19. The fourth-order valence-electron chi connectivity index (χ4n) is 5.46. The lowest BCUT2D eigenvalue weighted by atomic mass is 9.74. The monoisotopic (exact) mass is 508 g/mol. The first-order chi connectivity index (χ1) is 17.4. The number of likely N-dealkylation sites (tertiary alicyclic amines) is 1. The van der Waals surface area contributed by atoms with Crippen molar-refractivity contribution in [1.82, 2.24) is 20.2 Å². The van der Waals surface area contributed by atoms with Gasteiger partial charge in [-0.25, -0.2) is 4.98 Å². The van der Waals surface area contributed by atoms with Crippen molar-refractivity contribution in [3.63, 3.8) is 0 Å². The van der Waals surface area contributed by atoms with Gasteiger partial charge in [-0.2, -0.15) is 0 Å². The highest BCUT2D eigenvalue weighted by atomic mass is 35.5. The van der Waals surface area contributed by atoms with Gasteiger partial charge in [0.2, 0.25) is 0 Å². The maximum absolute atomic E-state index is 13.3. The van der Waals surface area contributed by atoms with Crippen molar-refractivity contribution < 1.29 is 14.3 Å². The third-order valence-electron chi connectivity index (χ3n) is 7.63. The molecule has 0 saturated carbocycles. The lowest BCUT2D eigenvalue weighted by Gasteiger charge is -2.42. The Hall–Kier alpha value is -3.06. The van der Waals surface area contributed by atoms with Crippen LogP contribution in [0.3, 0.4) is 0 Å². The van der Waals surface area contributed by atoms with Crippen LogP contribution in [0.1, 0.15) is 71.5 Å². The summed E-state index contributed by atoms with van der Waals surface area (Å²) in [4.78, 5) is 36.0. The number of benzene rings is 2. The Bertz CT molecular complexity index is 1260. The number of aryl methyl sites for hydroxylation is 1. The Kier molecular flexibility index (Phi) is 7.19. The van der Waals surface area contributed by atoms with E-state index < -0.39 is 0 Å². The van der Waals surface area contributed by atoms with Gasteiger partial charge in [0.1, 0.15) is 11.6 Å². The van der Waals surface area contributed by atoms with Crippen LogP contribution in [0.4, 0.5) is 0 Å². The summed E-state index contributed by atoms with van der Waals surface area (Å²) in [6.07, 6.45) is 7.07. The molecule has 8 heteroatoms. The number of carbonyl (C=O) groups is 2. The van der Waals surface area contributed by atoms with Gasteiger partial charge < -0.3 is 19.9 Å². The molecule has 0 aliphatic carbocycles. The van der Waals surface area contributed by atoms with E-state index in [1.807, 2.05) is 30.0 Å². The van der Waals surface area contributed by atoms with Crippen molar-refractivity contribution in [2.24, 2.45) is 5.41 Å². The molecule has 2 N–H and O–H groups in total. The van der Waals surface area contributed by atoms with E-state index in [0.717, 1.165) is 61.8 Å². The molecule has 36 heavy (non-hydrogen) atoms. The standard InChI is InChI=1S/C28H33ClN4O3/c1-19-31-23-8-6-20(16-24(23)32-19)27(35)33-13-11-28(12-14-33)10-4-2-3-5-15-36-25-9-7-21(29)17-22(25)26(34)30-18-28/h6-9,16-17H,2-5,10-15,18H2,1H3,(H,30,34)(H,31,32). The van der Waals surface area contributed by atoms with Gasteiger partial charge in [-0.05, 0) is 74.4 Å². The Labute approximate surface area is 216 Å². The van der Waals surface area contributed by atoms with Crippen molar-refractivity contribution in [3.05, 3.63) is 58.4 Å². The summed E-state index contributed by atoms with van der Waals surface area (Å²) in [7, 11) is 0. The number of H-pyrrole nitrogens is 1. The summed E-state index contributed by atoms with van der Waals surface area (Å²) < 4.78 is 5.90. The number of halogens is 1. The molecule has 2 amide bonds. The van der Waals surface area contributed by atoms with Crippen LogP contribution < -0.4 is 10.1 Å². The maximum atomic E-state index is 13.3. The highest BCUT2D eigenvalue weighted by Gasteiger charge is 2.36. The average molecular weight is 509 g/mol. The van der Waals surface area contributed by atoms with Crippen molar-refractivity contribution in [2.75, 3.05) is 26.2 Å². The van der Waals surface area contributed by atoms with Crippen molar-refractivity contribution in [3.8, 4) is 5.75 Å². The molecule has 1 spiro atoms. The zero-order valence-corrected chi connectivity index (χ0v) is 21.5. The number of fused-ring (bicyclic) bond motifs is 2. The molecule has 0 atom stereocenters. The molecule has 0 radical (unpaired) electrons. The number of aromatic amines is 1. The predicted octanol–water partition coefficient (Wildman–Crippen LogP) is 5.52. The molecule has 5 rings (SSSR count). The molecule has 2 aromatic carbocycles. The number of aromatic nitrogens is 2. The summed E-state index contributed by atoms with van der Waals surface area (Å²) in [5.74, 6) is 1.31. The molecule has 190 valence electrons. The Balaban J connectivity index is 1.29. The van der Waals surface area contributed by atoms with E-state index in [0.29, 0.717) is 48.1 Å². The van der Waals surface area contributed by atoms with Gasteiger partial charge in [0.15, 0.2) is 0 Å². The van der Waals surface area contributed by atoms with Crippen LogP contribution >= 0.6 is 11.6 Å². The predicted molar refractivity (Wildman–Crippen MR) is 141 cm³/mol. The lowest BCUT2D eigenvalue weighted by molar-refractivity contribution is 0.0536. The molecule has 0 bridgehead atoms. The molecule has 3 aromatic rings. The van der Waals surface area contributed by atoms with Gasteiger partial charge in [0.25, 0.3) is 11.8 Å². The topological polar surface area (TPSA) is 87.3 Å². The fourth-order valence-corrected chi connectivity index (χ4v) is 5.63. The van der Waals surface area contributed by atoms with E-state index in [4.69, 9.17) is 16.3 Å². The second-order valence-electron chi connectivity index (χ2n) is 10.2. The van der Waals surface area contributed by atoms with Crippen molar-refractivity contribution >= 4 is 34.4 Å². The number of piperidine rings is 1. The SMILES string of the molecule is Cc1nc2ccc(C(=O)N3CCC4(CCCCCCOc5ccc(Cl)cc5C(=O)NC4)CC3)cc2[nH]1. The van der Waals surface area contributed by atoms with Crippen LogP contribution in [0.15, 0.2) is 36.4 Å². The molecule has 1 saturated heterocycles. The lowest BCUT2D eigenvalue weighted by Crippen LogP contribution is -2.48. The summed E-state index contributed by atoms with van der Waals surface area (Å²) in [6.45, 7) is 4.45. The molecule has 1 aromatic heterocycles. The fraction of sp³-hybridized carbons (Fsp3) is 0.464. The number of nitrogens with one attached hydrogen (secondary N) is 2. The van der Waals surface area contributed by atoms with Crippen LogP contribution in [0.2, 0.25) is 5.02 Å². The summed E-state index contributed by atoms with van der Waals surface area (Å²) in [5.41, 5.74) is 2.89. The largest absolute Gasteiger partial charge is 0.493 e. The van der Waals surface area contributed by atoms with E-state index in [1.165, 1.54) is 0 Å². The molecule has 0 unspecified atom stereocenters. The number of nitrogens with zero attached hydrogens (tertiary/aromatic N) is 2. The van der Waals surface area contributed by atoms with Crippen molar-refractivity contribution in [2.45, 2.75) is 51.9 Å². The number of amides is 2. The van der Waals surface area contributed by atoms with Crippen molar-refractivity contribution in [1.29, 1.82) is 0 Å².